The first-order chi connectivity index (χ1) is 12.3. The van der Waals surface area contributed by atoms with E-state index < -0.39 is 0 Å². The van der Waals surface area contributed by atoms with Gasteiger partial charge in [-0.3, -0.25) is 4.79 Å². The SMILES string of the molecule is COc1ccccc1Nc1ncccc1C(=O)NCCC1CCNC1.Cl.Cl. The molecule has 1 aromatic carbocycles. The van der Waals surface area contributed by atoms with Crippen LogP contribution in [0.5, 0.6) is 5.75 Å². The fourth-order valence-corrected chi connectivity index (χ4v) is 3.01. The van der Waals surface area contributed by atoms with Crippen LogP contribution in [0, 0.1) is 5.92 Å². The summed E-state index contributed by atoms with van der Waals surface area (Å²) in [7, 11) is 1.62. The first kappa shape index (κ1) is 23.0. The van der Waals surface area contributed by atoms with Crippen LogP contribution in [-0.4, -0.2) is 37.6 Å². The molecule has 0 saturated carbocycles. The van der Waals surface area contributed by atoms with Crippen LogP contribution in [0.4, 0.5) is 11.5 Å². The molecule has 1 saturated heterocycles. The predicted octanol–water partition coefficient (Wildman–Crippen LogP) is 3.41. The van der Waals surface area contributed by atoms with Gasteiger partial charge in [0.1, 0.15) is 11.6 Å². The van der Waals surface area contributed by atoms with Gasteiger partial charge in [0.05, 0.1) is 18.4 Å². The van der Waals surface area contributed by atoms with Gasteiger partial charge in [0.25, 0.3) is 5.91 Å². The Morgan fingerprint density at radius 2 is 2.07 bits per heavy atom. The molecule has 148 valence electrons. The monoisotopic (exact) mass is 412 g/mol. The van der Waals surface area contributed by atoms with E-state index in [-0.39, 0.29) is 30.7 Å². The maximum atomic E-state index is 12.5. The Balaban J connectivity index is 0.00000182. The molecule has 1 aromatic heterocycles. The third-order valence-electron chi connectivity index (χ3n) is 4.41. The van der Waals surface area contributed by atoms with Crippen molar-refractivity contribution in [2.24, 2.45) is 5.92 Å². The van der Waals surface area contributed by atoms with Crippen LogP contribution >= 0.6 is 24.8 Å². The Bertz CT molecular complexity index is 724. The summed E-state index contributed by atoms with van der Waals surface area (Å²) in [6.07, 6.45) is 3.84. The second-order valence-electron chi connectivity index (χ2n) is 6.13. The summed E-state index contributed by atoms with van der Waals surface area (Å²) in [5, 5.41) is 9.54. The van der Waals surface area contributed by atoms with Crippen molar-refractivity contribution in [2.45, 2.75) is 12.8 Å². The molecular formula is C19H26Cl2N4O2. The lowest BCUT2D eigenvalue weighted by molar-refractivity contribution is 0.0952. The number of nitrogens with zero attached hydrogens (tertiary/aromatic N) is 1. The average Bonchev–Trinajstić information content (AvgIpc) is 3.16. The summed E-state index contributed by atoms with van der Waals surface area (Å²) in [4.78, 5) is 16.9. The number of rotatable bonds is 7. The summed E-state index contributed by atoms with van der Waals surface area (Å²) in [6.45, 7) is 2.80. The standard InChI is InChI=1S/C19H24N4O2.2ClH/c1-25-17-7-3-2-6-16(17)23-18-15(5-4-10-21-18)19(24)22-12-9-14-8-11-20-13-14;;/h2-7,10,14,20H,8-9,11-13H2,1H3,(H,21,23)(H,22,24);2*1H. The number of pyridine rings is 1. The Kier molecular flexibility index (Phi) is 9.93. The summed E-state index contributed by atoms with van der Waals surface area (Å²) in [5.41, 5.74) is 1.30. The summed E-state index contributed by atoms with van der Waals surface area (Å²) in [5.74, 6) is 1.76. The zero-order valence-corrected chi connectivity index (χ0v) is 16.9. The van der Waals surface area contributed by atoms with E-state index >= 15 is 0 Å². The highest BCUT2D eigenvalue weighted by molar-refractivity contribution is 5.99. The van der Waals surface area contributed by atoms with Gasteiger partial charge >= 0.3 is 0 Å². The number of benzene rings is 1. The molecule has 1 fully saturated rings. The Hall–Kier alpha value is -2.02. The molecule has 1 atom stereocenters. The van der Waals surface area contributed by atoms with Crippen molar-refractivity contribution in [3.05, 3.63) is 48.2 Å². The van der Waals surface area contributed by atoms with Gasteiger partial charge in [0.15, 0.2) is 0 Å². The smallest absolute Gasteiger partial charge is 0.255 e. The van der Waals surface area contributed by atoms with Crippen molar-refractivity contribution in [1.29, 1.82) is 0 Å². The number of ether oxygens (including phenoxy) is 1. The van der Waals surface area contributed by atoms with E-state index in [0.29, 0.717) is 29.6 Å². The highest BCUT2D eigenvalue weighted by Gasteiger charge is 2.16. The van der Waals surface area contributed by atoms with Gasteiger partial charge in [-0.05, 0) is 56.1 Å². The molecule has 27 heavy (non-hydrogen) atoms. The van der Waals surface area contributed by atoms with E-state index in [0.717, 1.165) is 25.2 Å². The van der Waals surface area contributed by atoms with Crippen LogP contribution in [0.15, 0.2) is 42.6 Å². The maximum absolute atomic E-state index is 12.5. The minimum absolute atomic E-state index is 0. The minimum atomic E-state index is -0.114. The Labute approximate surface area is 172 Å². The Morgan fingerprint density at radius 3 is 2.81 bits per heavy atom. The molecule has 3 rings (SSSR count). The van der Waals surface area contributed by atoms with Crippen molar-refractivity contribution < 1.29 is 9.53 Å². The first-order valence-electron chi connectivity index (χ1n) is 8.62. The van der Waals surface area contributed by atoms with E-state index in [1.54, 1.807) is 25.4 Å². The van der Waals surface area contributed by atoms with Gasteiger partial charge in [-0.25, -0.2) is 4.98 Å². The van der Waals surface area contributed by atoms with Crippen molar-refractivity contribution >= 4 is 42.2 Å². The quantitative estimate of drug-likeness (QED) is 0.649. The lowest BCUT2D eigenvalue weighted by Crippen LogP contribution is -2.27. The molecule has 2 heterocycles. The van der Waals surface area contributed by atoms with Gasteiger partial charge in [-0.2, -0.15) is 0 Å². The number of aromatic nitrogens is 1. The molecule has 0 aliphatic carbocycles. The van der Waals surface area contributed by atoms with Crippen molar-refractivity contribution in [3.8, 4) is 5.75 Å². The molecule has 0 bridgehead atoms. The van der Waals surface area contributed by atoms with E-state index in [1.807, 2.05) is 24.3 Å². The zero-order valence-electron chi connectivity index (χ0n) is 15.2. The molecule has 0 spiro atoms. The molecule has 1 unspecified atom stereocenters. The Morgan fingerprint density at radius 1 is 1.26 bits per heavy atom. The van der Waals surface area contributed by atoms with Crippen molar-refractivity contribution in [1.82, 2.24) is 15.6 Å². The number of hydrogen-bond donors (Lipinski definition) is 3. The van der Waals surface area contributed by atoms with Crippen LogP contribution in [0.2, 0.25) is 0 Å². The maximum Gasteiger partial charge on any atom is 0.255 e. The minimum Gasteiger partial charge on any atom is -0.495 e. The number of nitrogens with one attached hydrogen (secondary N) is 3. The number of halogens is 2. The molecule has 1 aliphatic rings. The number of carbonyl (C=O) groups excluding carboxylic acids is 1. The van der Waals surface area contributed by atoms with Gasteiger partial charge in [0.2, 0.25) is 0 Å². The first-order valence-corrected chi connectivity index (χ1v) is 8.62. The fourth-order valence-electron chi connectivity index (χ4n) is 3.01. The predicted molar refractivity (Wildman–Crippen MR) is 113 cm³/mol. The number of amides is 1. The third kappa shape index (κ3) is 6.27. The van der Waals surface area contributed by atoms with Crippen LogP contribution < -0.4 is 20.7 Å². The van der Waals surface area contributed by atoms with Crippen LogP contribution in [0.1, 0.15) is 23.2 Å². The van der Waals surface area contributed by atoms with Gasteiger partial charge in [0, 0.05) is 12.7 Å². The fraction of sp³-hybridized carbons (Fsp3) is 0.368. The van der Waals surface area contributed by atoms with E-state index in [4.69, 9.17) is 4.74 Å². The number of hydrogen-bond acceptors (Lipinski definition) is 5. The van der Waals surface area contributed by atoms with Gasteiger partial charge in [-0.1, -0.05) is 12.1 Å². The van der Waals surface area contributed by atoms with Crippen LogP contribution in [-0.2, 0) is 0 Å². The topological polar surface area (TPSA) is 75.3 Å². The van der Waals surface area contributed by atoms with Gasteiger partial charge < -0.3 is 20.7 Å². The second-order valence-corrected chi connectivity index (χ2v) is 6.13. The van der Waals surface area contributed by atoms with Crippen LogP contribution in [0.25, 0.3) is 0 Å². The molecule has 6 nitrogen and oxygen atoms in total. The number of methoxy groups -OCH3 is 1. The van der Waals surface area contributed by atoms with E-state index in [2.05, 4.69) is 20.9 Å². The molecule has 1 aliphatic heterocycles. The summed E-state index contributed by atoms with van der Waals surface area (Å²) < 4.78 is 5.34. The number of anilines is 2. The second kappa shape index (κ2) is 11.6. The summed E-state index contributed by atoms with van der Waals surface area (Å²) >= 11 is 0. The molecular weight excluding hydrogens is 387 g/mol. The largest absolute Gasteiger partial charge is 0.495 e. The average molecular weight is 413 g/mol. The van der Waals surface area contributed by atoms with Crippen molar-refractivity contribution in [2.75, 3.05) is 32.1 Å². The van der Waals surface area contributed by atoms with E-state index in [1.165, 1.54) is 6.42 Å². The molecule has 3 N–H and O–H groups in total. The molecule has 0 radical (unpaired) electrons. The lowest BCUT2D eigenvalue weighted by Gasteiger charge is -2.14. The van der Waals surface area contributed by atoms with Crippen molar-refractivity contribution in [3.63, 3.8) is 0 Å². The normalized spacial score (nSPS) is 15.2. The third-order valence-corrected chi connectivity index (χ3v) is 4.41. The van der Waals surface area contributed by atoms with Gasteiger partial charge in [-0.15, -0.1) is 24.8 Å². The highest BCUT2D eigenvalue weighted by Crippen LogP contribution is 2.27. The number of para-hydroxylation sites is 2. The molecule has 1 amide bonds. The van der Waals surface area contributed by atoms with Crippen LogP contribution in [0.3, 0.4) is 0 Å². The molecule has 8 heteroatoms. The zero-order chi connectivity index (χ0) is 17.5. The summed E-state index contributed by atoms with van der Waals surface area (Å²) in [6, 6.07) is 11.1. The lowest BCUT2D eigenvalue weighted by atomic mass is 10.1. The number of carbonyl (C=O) groups is 1. The molecule has 2 aromatic rings. The van der Waals surface area contributed by atoms with E-state index in [9.17, 15) is 4.79 Å². The highest BCUT2D eigenvalue weighted by atomic mass is 35.5.